The van der Waals surface area contributed by atoms with Gasteiger partial charge in [0.05, 0.1) is 11.1 Å². The molecule has 0 radical (unpaired) electrons. The highest BCUT2D eigenvalue weighted by molar-refractivity contribution is 5.80. The number of aryl methyl sites for hydroxylation is 2. The molecule has 5 aromatic rings. The summed E-state index contributed by atoms with van der Waals surface area (Å²) < 4.78 is 69.3. The van der Waals surface area contributed by atoms with E-state index in [4.69, 9.17) is 0 Å². The summed E-state index contributed by atoms with van der Waals surface area (Å²) in [5, 5.41) is 0. The first kappa shape index (κ1) is 34.9. The summed E-state index contributed by atoms with van der Waals surface area (Å²) in [6.45, 7) is 4.79. The summed E-state index contributed by atoms with van der Waals surface area (Å²) >= 11 is 0. The second-order valence-electron chi connectivity index (χ2n) is 12.5. The summed E-state index contributed by atoms with van der Waals surface area (Å²) in [5.74, 6) is -1.88. The van der Waals surface area contributed by atoms with Crippen molar-refractivity contribution >= 4 is 16.9 Å². The Balaban J connectivity index is 1.29. The molecule has 1 saturated heterocycles. The van der Waals surface area contributed by atoms with E-state index >= 15 is 0 Å². The SMILES string of the molecule is CCN1CCC(N(Cc2ccc(-c3ccc(C(F)(F)F)cc3)cc2)C(=O)Cn2c(CCc3cccc(F)c3F)nc(=O)c3ncccc32)CC1. The first-order valence-corrected chi connectivity index (χ1v) is 16.6. The van der Waals surface area contributed by atoms with Gasteiger partial charge in [0, 0.05) is 38.3 Å². The highest BCUT2D eigenvalue weighted by Crippen LogP contribution is 2.31. The molecule has 1 amide bonds. The molecular formula is C38H36F5N5O2. The number of piperidine rings is 1. The summed E-state index contributed by atoms with van der Waals surface area (Å²) in [6.07, 6.45) is -1.28. The van der Waals surface area contributed by atoms with Crippen LogP contribution < -0.4 is 5.56 Å². The van der Waals surface area contributed by atoms with Crippen molar-refractivity contribution in [1.29, 1.82) is 0 Å². The number of halogens is 5. The molecule has 0 bridgehead atoms. The van der Waals surface area contributed by atoms with Gasteiger partial charge in [0.1, 0.15) is 12.4 Å². The lowest BCUT2D eigenvalue weighted by atomic mass is 10.00. The zero-order chi connectivity index (χ0) is 35.4. The van der Waals surface area contributed by atoms with Crippen LogP contribution in [0, 0.1) is 11.6 Å². The Labute approximate surface area is 286 Å². The molecule has 0 N–H and O–H groups in total. The van der Waals surface area contributed by atoms with Crippen LogP contribution in [0.2, 0.25) is 0 Å². The van der Waals surface area contributed by atoms with E-state index in [2.05, 4.69) is 21.8 Å². The number of aromatic nitrogens is 3. The first-order valence-electron chi connectivity index (χ1n) is 16.6. The Kier molecular flexibility index (Phi) is 10.4. The van der Waals surface area contributed by atoms with E-state index in [0.29, 0.717) is 11.1 Å². The Bertz CT molecular complexity index is 2020. The van der Waals surface area contributed by atoms with Crippen molar-refractivity contribution in [3.8, 4) is 11.1 Å². The molecule has 3 aromatic carbocycles. The number of rotatable bonds is 10. The minimum absolute atomic E-state index is 0.0560. The van der Waals surface area contributed by atoms with E-state index in [1.807, 2.05) is 29.2 Å². The van der Waals surface area contributed by atoms with E-state index in [1.165, 1.54) is 30.5 Å². The summed E-state index contributed by atoms with van der Waals surface area (Å²) in [7, 11) is 0. The van der Waals surface area contributed by atoms with Crippen LogP contribution in [0.1, 0.15) is 42.3 Å². The van der Waals surface area contributed by atoms with Gasteiger partial charge in [0.15, 0.2) is 17.2 Å². The van der Waals surface area contributed by atoms with Gasteiger partial charge < -0.3 is 14.4 Å². The molecule has 0 spiro atoms. The third-order valence-corrected chi connectivity index (χ3v) is 9.38. The number of nitrogens with zero attached hydrogens (tertiary/aromatic N) is 5. The van der Waals surface area contributed by atoms with Gasteiger partial charge >= 0.3 is 6.18 Å². The normalized spacial score (nSPS) is 14.3. The number of benzene rings is 3. The molecule has 7 nitrogen and oxygen atoms in total. The summed E-state index contributed by atoms with van der Waals surface area (Å²) in [6, 6.07) is 19.6. The molecule has 2 aromatic heterocycles. The van der Waals surface area contributed by atoms with E-state index in [1.54, 1.807) is 16.7 Å². The Morgan fingerprint density at radius 3 is 2.24 bits per heavy atom. The Hall–Kier alpha value is -4.97. The van der Waals surface area contributed by atoms with Crippen molar-refractivity contribution in [1.82, 2.24) is 24.3 Å². The van der Waals surface area contributed by atoms with Crippen LogP contribution in [0.4, 0.5) is 22.0 Å². The topological polar surface area (TPSA) is 71.3 Å². The fourth-order valence-corrected chi connectivity index (χ4v) is 6.55. The largest absolute Gasteiger partial charge is 0.416 e. The van der Waals surface area contributed by atoms with Gasteiger partial charge in [-0.2, -0.15) is 18.2 Å². The zero-order valence-electron chi connectivity index (χ0n) is 27.5. The van der Waals surface area contributed by atoms with Gasteiger partial charge in [0.25, 0.3) is 5.56 Å². The summed E-state index contributed by atoms with van der Waals surface area (Å²) in [4.78, 5) is 40.0. The number of fused-ring (bicyclic) bond motifs is 1. The van der Waals surface area contributed by atoms with Crippen LogP contribution in [0.3, 0.4) is 0 Å². The van der Waals surface area contributed by atoms with Crippen molar-refractivity contribution in [2.45, 2.75) is 57.9 Å². The molecule has 0 unspecified atom stereocenters. The number of pyridine rings is 1. The summed E-state index contributed by atoms with van der Waals surface area (Å²) in [5.41, 5.74) is 1.59. The third kappa shape index (κ3) is 7.75. The lowest BCUT2D eigenvalue weighted by molar-refractivity contribution is -0.137. The second-order valence-corrected chi connectivity index (χ2v) is 12.5. The van der Waals surface area contributed by atoms with Crippen LogP contribution in [-0.2, 0) is 36.9 Å². The quantitative estimate of drug-likeness (QED) is 0.147. The molecule has 3 heterocycles. The van der Waals surface area contributed by atoms with E-state index in [9.17, 15) is 31.5 Å². The van der Waals surface area contributed by atoms with E-state index in [-0.39, 0.29) is 54.8 Å². The van der Waals surface area contributed by atoms with E-state index in [0.717, 1.165) is 61.8 Å². The Morgan fingerprint density at radius 2 is 1.58 bits per heavy atom. The molecular weight excluding hydrogens is 653 g/mol. The Morgan fingerprint density at radius 1 is 0.900 bits per heavy atom. The smallest absolute Gasteiger partial charge is 0.334 e. The molecule has 260 valence electrons. The van der Waals surface area contributed by atoms with Crippen LogP contribution in [0.25, 0.3) is 22.2 Å². The lowest BCUT2D eigenvalue weighted by Crippen LogP contribution is -2.48. The molecule has 0 atom stereocenters. The molecule has 6 rings (SSSR count). The van der Waals surface area contributed by atoms with Gasteiger partial charge in [-0.1, -0.05) is 55.5 Å². The minimum atomic E-state index is -4.42. The maximum absolute atomic E-state index is 14.5. The first-order chi connectivity index (χ1) is 24.0. The highest BCUT2D eigenvalue weighted by Gasteiger charge is 2.31. The van der Waals surface area contributed by atoms with Crippen molar-refractivity contribution in [3.63, 3.8) is 0 Å². The van der Waals surface area contributed by atoms with Gasteiger partial charge in [-0.3, -0.25) is 9.59 Å². The lowest BCUT2D eigenvalue weighted by Gasteiger charge is -2.38. The number of amides is 1. The molecule has 1 fully saturated rings. The predicted molar refractivity (Wildman–Crippen MR) is 180 cm³/mol. The molecule has 1 aliphatic heterocycles. The van der Waals surface area contributed by atoms with Crippen LogP contribution in [0.5, 0.6) is 0 Å². The van der Waals surface area contributed by atoms with Crippen molar-refractivity contribution < 1.29 is 26.7 Å². The maximum Gasteiger partial charge on any atom is 0.416 e. The van der Waals surface area contributed by atoms with Gasteiger partial charge in [-0.25, -0.2) is 13.8 Å². The second kappa shape index (κ2) is 14.9. The minimum Gasteiger partial charge on any atom is -0.334 e. The number of hydrogen-bond acceptors (Lipinski definition) is 5. The molecule has 12 heteroatoms. The van der Waals surface area contributed by atoms with Crippen LogP contribution in [0.15, 0.2) is 89.9 Å². The van der Waals surface area contributed by atoms with Crippen molar-refractivity contribution in [2.75, 3.05) is 19.6 Å². The number of carbonyl (C=O) groups excluding carboxylic acids is 1. The van der Waals surface area contributed by atoms with Gasteiger partial charge in [-0.05, 0) is 78.4 Å². The number of alkyl halides is 3. The van der Waals surface area contributed by atoms with Crippen LogP contribution in [-0.4, -0.2) is 55.9 Å². The average Bonchev–Trinajstić information content (AvgIpc) is 3.12. The highest BCUT2D eigenvalue weighted by atomic mass is 19.4. The van der Waals surface area contributed by atoms with Crippen molar-refractivity contribution in [2.24, 2.45) is 0 Å². The number of carbonyl (C=O) groups is 1. The van der Waals surface area contributed by atoms with Gasteiger partial charge in [-0.15, -0.1) is 0 Å². The molecule has 0 aliphatic carbocycles. The maximum atomic E-state index is 14.5. The molecule has 50 heavy (non-hydrogen) atoms. The fraction of sp³-hybridized carbons (Fsp3) is 0.316. The molecule has 0 saturated carbocycles. The van der Waals surface area contributed by atoms with Crippen LogP contribution >= 0.6 is 0 Å². The standard InChI is InChI=1S/C38H36F5N5O2/c1-2-46-21-18-30(19-22-46)47(23-25-8-10-26(11-9-25)27-12-15-29(16-13-27)38(41,42)43)34(49)24-48-32-7-4-20-44-36(32)37(50)45-33(48)17-14-28-5-3-6-31(39)35(28)40/h3-13,15-16,20,30H,2,14,17-19,21-24H2,1H3. The van der Waals surface area contributed by atoms with E-state index < -0.39 is 28.9 Å². The van der Waals surface area contributed by atoms with Crippen molar-refractivity contribution in [3.05, 3.63) is 130 Å². The predicted octanol–water partition coefficient (Wildman–Crippen LogP) is 7.05. The van der Waals surface area contributed by atoms with Gasteiger partial charge in [0.2, 0.25) is 5.91 Å². The monoisotopic (exact) mass is 689 g/mol. The number of hydrogen-bond donors (Lipinski definition) is 0. The average molecular weight is 690 g/mol. The third-order valence-electron chi connectivity index (χ3n) is 9.38. The number of likely N-dealkylation sites (tertiary alicyclic amines) is 1. The molecule has 1 aliphatic rings. The zero-order valence-corrected chi connectivity index (χ0v) is 27.5. The fourth-order valence-electron chi connectivity index (χ4n) is 6.55.